The van der Waals surface area contributed by atoms with E-state index < -0.39 is 0 Å². The van der Waals surface area contributed by atoms with E-state index in [9.17, 15) is 4.79 Å². The van der Waals surface area contributed by atoms with Crippen LogP contribution in [0.1, 0.15) is 31.6 Å². The van der Waals surface area contributed by atoms with Gasteiger partial charge in [-0.3, -0.25) is 4.79 Å². The van der Waals surface area contributed by atoms with Gasteiger partial charge in [-0.05, 0) is 36.8 Å². The molecule has 3 nitrogen and oxygen atoms in total. The van der Waals surface area contributed by atoms with Gasteiger partial charge in [0, 0.05) is 24.4 Å². The van der Waals surface area contributed by atoms with Crippen molar-refractivity contribution in [2.45, 2.75) is 33.1 Å². The predicted octanol–water partition coefficient (Wildman–Crippen LogP) is 2.43. The van der Waals surface area contributed by atoms with Crippen LogP contribution in [0.2, 0.25) is 0 Å². The van der Waals surface area contributed by atoms with Gasteiger partial charge in [0.1, 0.15) is 0 Å². The highest BCUT2D eigenvalue weighted by molar-refractivity contribution is 7.09. The van der Waals surface area contributed by atoms with Crippen molar-refractivity contribution in [3.63, 3.8) is 0 Å². The molecule has 4 heteroatoms. The number of carbonyl (C=O) groups is 1. The van der Waals surface area contributed by atoms with Crippen molar-refractivity contribution in [1.29, 1.82) is 0 Å². The highest BCUT2D eigenvalue weighted by Gasteiger charge is 2.17. The van der Waals surface area contributed by atoms with E-state index in [0.717, 1.165) is 25.9 Å². The summed E-state index contributed by atoms with van der Waals surface area (Å²) >= 11 is 1.76. The molecule has 102 valence electrons. The summed E-state index contributed by atoms with van der Waals surface area (Å²) in [5.41, 5.74) is 0.109. The van der Waals surface area contributed by atoms with Crippen LogP contribution in [0.25, 0.3) is 0 Å². The van der Waals surface area contributed by atoms with Crippen LogP contribution >= 0.6 is 11.3 Å². The molecule has 0 bridgehead atoms. The number of carbonyl (C=O) groups excluding carboxylic acids is 1. The summed E-state index contributed by atoms with van der Waals surface area (Å²) in [5.74, 6) is 0.163. The summed E-state index contributed by atoms with van der Waals surface area (Å²) in [5, 5.41) is 8.23. The molecule has 2 N–H and O–H groups in total. The second-order valence-electron chi connectivity index (χ2n) is 5.40. The fourth-order valence-corrected chi connectivity index (χ4v) is 2.60. The van der Waals surface area contributed by atoms with Crippen LogP contribution in [0, 0.1) is 5.41 Å². The molecule has 0 aliphatic heterocycles. The highest BCUT2D eigenvalue weighted by Crippen LogP contribution is 2.13. The first-order valence-electron chi connectivity index (χ1n) is 6.47. The Morgan fingerprint density at radius 3 is 2.78 bits per heavy atom. The van der Waals surface area contributed by atoms with Crippen LogP contribution in [0.15, 0.2) is 17.5 Å². The topological polar surface area (TPSA) is 41.1 Å². The van der Waals surface area contributed by atoms with Gasteiger partial charge in [-0.15, -0.1) is 11.3 Å². The Bertz CT molecular complexity index is 347. The van der Waals surface area contributed by atoms with Crippen LogP contribution in [-0.4, -0.2) is 26.0 Å². The molecule has 0 spiro atoms. The van der Waals surface area contributed by atoms with Crippen molar-refractivity contribution in [3.05, 3.63) is 22.4 Å². The molecule has 0 fully saturated rings. The lowest BCUT2D eigenvalue weighted by Crippen LogP contribution is -2.39. The van der Waals surface area contributed by atoms with Gasteiger partial charge in [0.15, 0.2) is 0 Å². The van der Waals surface area contributed by atoms with Gasteiger partial charge in [0.05, 0.1) is 0 Å². The average molecular weight is 268 g/mol. The monoisotopic (exact) mass is 268 g/mol. The van der Waals surface area contributed by atoms with Crippen molar-refractivity contribution >= 4 is 17.2 Å². The Kier molecular flexibility index (Phi) is 6.36. The molecule has 0 saturated carbocycles. The lowest BCUT2D eigenvalue weighted by molar-refractivity contribution is -0.121. The molecular weight excluding hydrogens is 244 g/mol. The quantitative estimate of drug-likeness (QED) is 0.760. The molecule has 0 unspecified atom stereocenters. The van der Waals surface area contributed by atoms with Gasteiger partial charge in [-0.2, -0.15) is 0 Å². The van der Waals surface area contributed by atoms with E-state index in [0.29, 0.717) is 6.42 Å². The Morgan fingerprint density at radius 1 is 1.39 bits per heavy atom. The molecule has 0 aliphatic carbocycles. The lowest BCUT2D eigenvalue weighted by Gasteiger charge is -2.24. The Labute approximate surface area is 114 Å². The Hall–Kier alpha value is -0.870. The third-order valence-electron chi connectivity index (χ3n) is 2.83. The number of hydrogen-bond acceptors (Lipinski definition) is 3. The first kappa shape index (κ1) is 15.2. The van der Waals surface area contributed by atoms with Crippen LogP contribution in [0.3, 0.4) is 0 Å². The summed E-state index contributed by atoms with van der Waals surface area (Å²) in [4.78, 5) is 13.1. The number of hydrogen-bond donors (Lipinski definition) is 2. The maximum Gasteiger partial charge on any atom is 0.220 e. The van der Waals surface area contributed by atoms with E-state index in [1.165, 1.54) is 4.88 Å². The largest absolute Gasteiger partial charge is 0.356 e. The fraction of sp³-hybridized carbons (Fsp3) is 0.643. The van der Waals surface area contributed by atoms with Crippen LogP contribution < -0.4 is 10.6 Å². The van der Waals surface area contributed by atoms with Crippen LogP contribution in [0.5, 0.6) is 0 Å². The Balaban J connectivity index is 2.14. The molecule has 1 aromatic rings. The number of aryl methyl sites for hydroxylation is 1. The minimum atomic E-state index is 0.109. The van der Waals surface area contributed by atoms with E-state index in [-0.39, 0.29) is 11.3 Å². The zero-order valence-electron chi connectivity index (χ0n) is 11.6. The third kappa shape index (κ3) is 6.17. The highest BCUT2D eigenvalue weighted by atomic mass is 32.1. The SMILES string of the molecule is CNCC(C)(C)CNC(=O)CCCc1cccs1. The van der Waals surface area contributed by atoms with E-state index in [1.54, 1.807) is 11.3 Å². The van der Waals surface area contributed by atoms with E-state index in [1.807, 2.05) is 7.05 Å². The molecule has 0 atom stereocenters. The lowest BCUT2D eigenvalue weighted by atomic mass is 9.93. The average Bonchev–Trinajstić information content (AvgIpc) is 2.79. The molecule has 0 aromatic carbocycles. The maximum absolute atomic E-state index is 11.7. The van der Waals surface area contributed by atoms with Crippen molar-refractivity contribution in [1.82, 2.24) is 10.6 Å². The summed E-state index contributed by atoms with van der Waals surface area (Å²) in [7, 11) is 1.94. The number of rotatable bonds is 8. The molecule has 0 radical (unpaired) electrons. The van der Waals surface area contributed by atoms with Crippen molar-refractivity contribution < 1.29 is 4.79 Å². The van der Waals surface area contributed by atoms with Gasteiger partial charge in [-0.1, -0.05) is 19.9 Å². The minimum absolute atomic E-state index is 0.109. The zero-order chi connectivity index (χ0) is 13.4. The summed E-state index contributed by atoms with van der Waals surface area (Å²) in [6, 6.07) is 4.18. The molecule has 1 aromatic heterocycles. The number of thiophene rings is 1. The van der Waals surface area contributed by atoms with Gasteiger partial charge >= 0.3 is 0 Å². The first-order chi connectivity index (χ1) is 8.53. The zero-order valence-corrected chi connectivity index (χ0v) is 12.4. The van der Waals surface area contributed by atoms with E-state index >= 15 is 0 Å². The molecule has 1 heterocycles. The van der Waals surface area contributed by atoms with Crippen LogP contribution in [0.4, 0.5) is 0 Å². The molecule has 0 aliphatic rings. The second kappa shape index (κ2) is 7.54. The maximum atomic E-state index is 11.7. The third-order valence-corrected chi connectivity index (χ3v) is 3.76. The predicted molar refractivity (Wildman–Crippen MR) is 78.0 cm³/mol. The van der Waals surface area contributed by atoms with Gasteiger partial charge in [0.2, 0.25) is 5.91 Å². The molecule has 18 heavy (non-hydrogen) atoms. The van der Waals surface area contributed by atoms with Crippen molar-refractivity contribution in [3.8, 4) is 0 Å². The molecular formula is C14H24N2OS. The summed E-state index contributed by atoms with van der Waals surface area (Å²) in [6.07, 6.45) is 2.55. The fourth-order valence-electron chi connectivity index (χ4n) is 1.85. The standard InChI is InChI=1S/C14H24N2OS/c1-14(2,10-15-3)11-16-13(17)8-4-6-12-7-5-9-18-12/h5,7,9,15H,4,6,8,10-11H2,1-3H3,(H,16,17). The van der Waals surface area contributed by atoms with Crippen molar-refractivity contribution in [2.24, 2.45) is 5.41 Å². The van der Waals surface area contributed by atoms with Crippen molar-refractivity contribution in [2.75, 3.05) is 20.1 Å². The van der Waals surface area contributed by atoms with Gasteiger partial charge < -0.3 is 10.6 Å². The normalized spacial score (nSPS) is 11.5. The molecule has 0 saturated heterocycles. The van der Waals surface area contributed by atoms with Gasteiger partial charge in [0.25, 0.3) is 0 Å². The number of nitrogens with one attached hydrogen (secondary N) is 2. The minimum Gasteiger partial charge on any atom is -0.356 e. The van der Waals surface area contributed by atoms with E-state index in [4.69, 9.17) is 0 Å². The summed E-state index contributed by atoms with van der Waals surface area (Å²) < 4.78 is 0. The van der Waals surface area contributed by atoms with Crippen LogP contribution in [-0.2, 0) is 11.2 Å². The smallest absolute Gasteiger partial charge is 0.220 e. The van der Waals surface area contributed by atoms with E-state index in [2.05, 4.69) is 42.0 Å². The molecule has 1 amide bonds. The summed E-state index contributed by atoms with van der Waals surface area (Å²) in [6.45, 7) is 5.93. The number of amides is 1. The Morgan fingerprint density at radius 2 is 2.17 bits per heavy atom. The first-order valence-corrected chi connectivity index (χ1v) is 7.35. The molecule has 1 rings (SSSR count). The van der Waals surface area contributed by atoms with Gasteiger partial charge in [-0.25, -0.2) is 0 Å². The second-order valence-corrected chi connectivity index (χ2v) is 6.44.